The SMILES string of the molecule is Cc1ccc(S(=O)(=O)N(CC(=O)N(Cc2ccc(Br)cc2)C(Cc2ccccc2)C(=O)NC(C)C)c2ccccc2Cl)cc1. The van der Waals surface area contributed by atoms with Gasteiger partial charge < -0.3 is 10.2 Å². The van der Waals surface area contributed by atoms with E-state index < -0.39 is 28.5 Å². The van der Waals surface area contributed by atoms with Crippen molar-refractivity contribution >= 4 is 55.1 Å². The second kappa shape index (κ2) is 14.9. The van der Waals surface area contributed by atoms with Gasteiger partial charge in [-0.05, 0) is 68.3 Å². The summed E-state index contributed by atoms with van der Waals surface area (Å²) in [4.78, 5) is 29.7. The van der Waals surface area contributed by atoms with Gasteiger partial charge in [-0.2, -0.15) is 0 Å². The molecule has 4 aromatic carbocycles. The number of sulfonamides is 1. The fourth-order valence-electron chi connectivity index (χ4n) is 4.73. The number of nitrogens with zero attached hydrogens (tertiary/aromatic N) is 2. The molecule has 230 valence electrons. The van der Waals surface area contributed by atoms with Crippen LogP contribution in [0.1, 0.15) is 30.5 Å². The Kier molecular flexibility index (Phi) is 11.2. The zero-order valence-corrected chi connectivity index (χ0v) is 27.9. The zero-order chi connectivity index (χ0) is 31.9. The molecule has 0 aliphatic heterocycles. The van der Waals surface area contributed by atoms with Crippen molar-refractivity contribution in [2.45, 2.75) is 50.7 Å². The average Bonchev–Trinajstić information content (AvgIpc) is 2.99. The first kappa shape index (κ1) is 33.2. The topological polar surface area (TPSA) is 86.8 Å². The fraction of sp³-hybridized carbons (Fsp3) is 0.235. The van der Waals surface area contributed by atoms with E-state index in [0.29, 0.717) is 0 Å². The van der Waals surface area contributed by atoms with Gasteiger partial charge >= 0.3 is 0 Å². The summed E-state index contributed by atoms with van der Waals surface area (Å²) in [5.74, 6) is -0.886. The third-order valence-corrected chi connectivity index (χ3v) is 9.60. The van der Waals surface area contributed by atoms with E-state index in [1.54, 1.807) is 36.4 Å². The van der Waals surface area contributed by atoms with Crippen molar-refractivity contribution in [1.29, 1.82) is 0 Å². The van der Waals surface area contributed by atoms with Crippen LogP contribution in [0.15, 0.2) is 112 Å². The predicted octanol–water partition coefficient (Wildman–Crippen LogP) is 6.77. The largest absolute Gasteiger partial charge is 0.352 e. The van der Waals surface area contributed by atoms with Gasteiger partial charge in [-0.25, -0.2) is 8.42 Å². The molecule has 0 radical (unpaired) electrons. The van der Waals surface area contributed by atoms with Crippen molar-refractivity contribution in [3.63, 3.8) is 0 Å². The van der Waals surface area contributed by atoms with E-state index in [0.717, 1.165) is 25.5 Å². The quantitative estimate of drug-likeness (QED) is 0.177. The third-order valence-electron chi connectivity index (χ3n) is 6.98. The normalized spacial score (nSPS) is 12.0. The standard InChI is InChI=1S/C34H35BrClN3O4S/c1-24(2)37-34(41)32(21-26-9-5-4-6-10-26)38(22-27-15-17-28(35)18-16-27)33(40)23-39(31-12-8-7-11-30(31)36)44(42,43)29-19-13-25(3)14-20-29/h4-20,24,32H,21-23H2,1-3H3,(H,37,41). The number of hydrogen-bond donors (Lipinski definition) is 1. The van der Waals surface area contributed by atoms with Gasteiger partial charge in [0.25, 0.3) is 10.0 Å². The van der Waals surface area contributed by atoms with Crippen LogP contribution in [0.25, 0.3) is 0 Å². The minimum absolute atomic E-state index is 0.0219. The van der Waals surface area contributed by atoms with Crippen LogP contribution in [0.2, 0.25) is 5.02 Å². The third kappa shape index (κ3) is 8.49. The molecular weight excluding hydrogens is 662 g/mol. The lowest BCUT2D eigenvalue weighted by atomic mass is 10.0. The molecule has 0 spiro atoms. The summed E-state index contributed by atoms with van der Waals surface area (Å²) in [6, 6.07) is 28.7. The minimum Gasteiger partial charge on any atom is -0.352 e. The highest BCUT2D eigenvalue weighted by molar-refractivity contribution is 9.10. The number of aryl methyl sites for hydroxylation is 1. The summed E-state index contributed by atoms with van der Waals surface area (Å²) in [7, 11) is -4.23. The highest BCUT2D eigenvalue weighted by Crippen LogP contribution is 2.31. The van der Waals surface area contributed by atoms with Crippen LogP contribution in [0.3, 0.4) is 0 Å². The van der Waals surface area contributed by atoms with E-state index in [4.69, 9.17) is 11.6 Å². The summed E-state index contributed by atoms with van der Waals surface area (Å²) in [6.45, 7) is 5.07. The first-order valence-corrected chi connectivity index (χ1v) is 16.8. The van der Waals surface area contributed by atoms with E-state index in [-0.39, 0.29) is 40.5 Å². The van der Waals surface area contributed by atoms with Gasteiger partial charge in [0, 0.05) is 23.5 Å². The second-order valence-corrected chi connectivity index (χ2v) is 14.0. The predicted molar refractivity (Wildman–Crippen MR) is 179 cm³/mol. The number of anilines is 1. The molecule has 0 aliphatic carbocycles. The maximum atomic E-state index is 14.5. The Hall–Kier alpha value is -3.66. The van der Waals surface area contributed by atoms with Crippen LogP contribution in [0.4, 0.5) is 5.69 Å². The molecule has 0 saturated heterocycles. The van der Waals surface area contributed by atoms with Crippen molar-refractivity contribution in [3.8, 4) is 0 Å². The number of nitrogens with one attached hydrogen (secondary N) is 1. The Morgan fingerprint density at radius 3 is 2.07 bits per heavy atom. The number of para-hydroxylation sites is 1. The molecule has 0 fully saturated rings. The van der Waals surface area contributed by atoms with Gasteiger partial charge in [-0.3, -0.25) is 13.9 Å². The summed E-state index contributed by atoms with van der Waals surface area (Å²) in [5, 5.41) is 3.13. The van der Waals surface area contributed by atoms with Crippen molar-refractivity contribution in [2.75, 3.05) is 10.8 Å². The number of rotatable bonds is 12. The van der Waals surface area contributed by atoms with Gasteiger partial charge in [-0.1, -0.05) is 99.8 Å². The van der Waals surface area contributed by atoms with Crippen LogP contribution in [-0.2, 0) is 32.6 Å². The monoisotopic (exact) mass is 695 g/mol. The van der Waals surface area contributed by atoms with Crippen LogP contribution < -0.4 is 9.62 Å². The van der Waals surface area contributed by atoms with Gasteiger partial charge in [0.15, 0.2) is 0 Å². The lowest BCUT2D eigenvalue weighted by molar-refractivity contribution is -0.140. The number of amides is 2. The van der Waals surface area contributed by atoms with Crippen LogP contribution >= 0.6 is 27.5 Å². The molecule has 4 aromatic rings. The summed E-state index contributed by atoms with van der Waals surface area (Å²) >= 11 is 9.97. The number of carbonyl (C=O) groups excluding carboxylic acids is 2. The highest BCUT2D eigenvalue weighted by Gasteiger charge is 2.35. The number of halogens is 2. The van der Waals surface area contributed by atoms with Crippen LogP contribution in [0, 0.1) is 6.92 Å². The van der Waals surface area contributed by atoms with Crippen molar-refractivity contribution in [2.24, 2.45) is 0 Å². The zero-order valence-electron chi connectivity index (χ0n) is 24.8. The van der Waals surface area contributed by atoms with Crippen LogP contribution in [-0.4, -0.2) is 43.8 Å². The number of hydrogen-bond acceptors (Lipinski definition) is 4. The highest BCUT2D eigenvalue weighted by atomic mass is 79.9. The minimum atomic E-state index is -4.23. The maximum absolute atomic E-state index is 14.5. The molecule has 7 nitrogen and oxygen atoms in total. The van der Waals surface area contributed by atoms with E-state index >= 15 is 0 Å². The molecule has 0 heterocycles. The van der Waals surface area contributed by atoms with E-state index in [2.05, 4.69) is 21.2 Å². The van der Waals surface area contributed by atoms with Gasteiger partial charge in [0.05, 0.1) is 15.6 Å². The molecule has 2 amide bonds. The first-order chi connectivity index (χ1) is 21.0. The maximum Gasteiger partial charge on any atom is 0.264 e. The molecule has 1 N–H and O–H groups in total. The fourth-order valence-corrected chi connectivity index (χ4v) is 6.71. The molecule has 0 aromatic heterocycles. The average molecular weight is 697 g/mol. The molecule has 0 bridgehead atoms. The Morgan fingerprint density at radius 1 is 0.841 bits per heavy atom. The molecule has 0 saturated carbocycles. The molecule has 0 aliphatic rings. The molecule has 1 unspecified atom stereocenters. The van der Waals surface area contributed by atoms with Gasteiger partial charge in [0.1, 0.15) is 12.6 Å². The summed E-state index contributed by atoms with van der Waals surface area (Å²) in [6.07, 6.45) is 0.235. The smallest absolute Gasteiger partial charge is 0.264 e. The Balaban J connectivity index is 1.81. The first-order valence-electron chi connectivity index (χ1n) is 14.2. The molecule has 1 atom stereocenters. The van der Waals surface area contributed by atoms with Crippen molar-refractivity contribution in [3.05, 3.63) is 129 Å². The van der Waals surface area contributed by atoms with E-state index in [1.165, 1.54) is 17.0 Å². The Morgan fingerprint density at radius 2 is 1.45 bits per heavy atom. The van der Waals surface area contributed by atoms with E-state index in [9.17, 15) is 18.0 Å². The summed E-state index contributed by atoms with van der Waals surface area (Å²) < 4.78 is 30.1. The lowest BCUT2D eigenvalue weighted by Gasteiger charge is -2.34. The Labute approximate surface area is 273 Å². The van der Waals surface area contributed by atoms with Gasteiger partial charge in [0.2, 0.25) is 11.8 Å². The molecule has 4 rings (SSSR count). The second-order valence-electron chi connectivity index (χ2n) is 10.8. The lowest BCUT2D eigenvalue weighted by Crippen LogP contribution is -2.54. The number of benzene rings is 4. The van der Waals surface area contributed by atoms with Gasteiger partial charge in [-0.15, -0.1) is 0 Å². The molecule has 10 heteroatoms. The van der Waals surface area contributed by atoms with Crippen molar-refractivity contribution in [1.82, 2.24) is 10.2 Å². The Bertz CT molecular complexity index is 1680. The van der Waals surface area contributed by atoms with Crippen molar-refractivity contribution < 1.29 is 18.0 Å². The molecule has 44 heavy (non-hydrogen) atoms. The van der Waals surface area contributed by atoms with E-state index in [1.807, 2.05) is 75.4 Å². The van der Waals surface area contributed by atoms with Crippen LogP contribution in [0.5, 0.6) is 0 Å². The number of carbonyl (C=O) groups is 2. The molecular formula is C34H35BrClN3O4S. The summed E-state index contributed by atoms with van der Waals surface area (Å²) in [5.41, 5.74) is 2.70.